The number of anilines is 1. The Kier molecular flexibility index (Phi) is 6.07. The molecule has 0 aliphatic carbocycles. The number of esters is 1. The molecule has 3 aromatic heterocycles. The predicted octanol–water partition coefficient (Wildman–Crippen LogP) is 3.32. The summed E-state index contributed by atoms with van der Waals surface area (Å²) in [7, 11) is 0. The number of rotatable bonds is 7. The lowest BCUT2D eigenvalue weighted by molar-refractivity contribution is -0.119. The van der Waals surface area contributed by atoms with Gasteiger partial charge in [-0.3, -0.25) is 4.79 Å². The van der Waals surface area contributed by atoms with E-state index in [1.165, 1.54) is 6.20 Å². The van der Waals surface area contributed by atoms with Gasteiger partial charge in [0, 0.05) is 17.8 Å². The van der Waals surface area contributed by atoms with Crippen molar-refractivity contribution in [2.24, 2.45) is 0 Å². The van der Waals surface area contributed by atoms with Crippen LogP contribution in [-0.2, 0) is 9.53 Å². The first kappa shape index (κ1) is 21.0. The Morgan fingerprint density at radius 1 is 1.09 bits per heavy atom. The fourth-order valence-electron chi connectivity index (χ4n) is 3.15. The molecule has 0 atom stereocenters. The van der Waals surface area contributed by atoms with Crippen LogP contribution < -0.4 is 10.1 Å². The first-order valence-electron chi connectivity index (χ1n) is 10.0. The average molecular weight is 431 g/mol. The Labute approximate surface area is 184 Å². The van der Waals surface area contributed by atoms with Crippen LogP contribution in [0.1, 0.15) is 23.0 Å². The number of ether oxygens (including phenoxy) is 2. The van der Waals surface area contributed by atoms with Gasteiger partial charge in [0.25, 0.3) is 5.91 Å². The van der Waals surface area contributed by atoms with Gasteiger partial charge in [0.1, 0.15) is 5.75 Å². The SMILES string of the molecule is CCOc1ccccc1NC(=O)COC(=O)c1cnc2c(c1)c(C)nn2-c1ccccn1. The number of hydrogen-bond acceptors (Lipinski definition) is 7. The molecule has 0 radical (unpaired) electrons. The summed E-state index contributed by atoms with van der Waals surface area (Å²) in [5.74, 6) is 0.0403. The largest absolute Gasteiger partial charge is 0.492 e. The average Bonchev–Trinajstić information content (AvgIpc) is 3.15. The summed E-state index contributed by atoms with van der Waals surface area (Å²) >= 11 is 0. The topological polar surface area (TPSA) is 108 Å². The summed E-state index contributed by atoms with van der Waals surface area (Å²) in [6, 6.07) is 14.2. The number of carbonyl (C=O) groups is 2. The third kappa shape index (κ3) is 4.41. The van der Waals surface area contributed by atoms with Crippen molar-refractivity contribution in [3.63, 3.8) is 0 Å². The number of hydrogen-bond donors (Lipinski definition) is 1. The molecule has 0 saturated heterocycles. The van der Waals surface area contributed by atoms with E-state index in [-0.39, 0.29) is 5.56 Å². The van der Waals surface area contributed by atoms with Crippen LogP contribution in [0.2, 0.25) is 0 Å². The number of pyridine rings is 2. The van der Waals surface area contributed by atoms with Gasteiger partial charge in [-0.2, -0.15) is 9.78 Å². The predicted molar refractivity (Wildman–Crippen MR) is 118 cm³/mol. The molecule has 4 aromatic rings. The number of para-hydroxylation sites is 2. The number of carbonyl (C=O) groups excluding carboxylic acids is 2. The van der Waals surface area contributed by atoms with Gasteiger partial charge in [-0.25, -0.2) is 14.8 Å². The van der Waals surface area contributed by atoms with E-state index in [4.69, 9.17) is 9.47 Å². The second kappa shape index (κ2) is 9.25. The summed E-state index contributed by atoms with van der Waals surface area (Å²) in [4.78, 5) is 33.4. The van der Waals surface area contributed by atoms with Crippen LogP contribution in [0.3, 0.4) is 0 Å². The van der Waals surface area contributed by atoms with Crippen LogP contribution in [0.15, 0.2) is 60.9 Å². The Morgan fingerprint density at radius 2 is 1.91 bits per heavy atom. The van der Waals surface area contributed by atoms with Crippen molar-refractivity contribution >= 4 is 28.6 Å². The quantitative estimate of drug-likeness (QED) is 0.447. The monoisotopic (exact) mass is 431 g/mol. The molecule has 0 aliphatic heterocycles. The van der Waals surface area contributed by atoms with Crippen LogP contribution in [0, 0.1) is 6.92 Å². The van der Waals surface area contributed by atoms with Crippen molar-refractivity contribution in [2.75, 3.05) is 18.5 Å². The molecular formula is C23H21N5O4. The standard InChI is InChI=1S/C23H21N5O4/c1-3-31-19-9-5-4-8-18(19)26-21(29)14-32-23(30)16-12-17-15(2)27-28(22(17)25-13-16)20-10-6-7-11-24-20/h4-13H,3,14H2,1-2H3,(H,26,29). The van der Waals surface area contributed by atoms with Crippen molar-refractivity contribution in [3.8, 4) is 11.6 Å². The van der Waals surface area contributed by atoms with Gasteiger partial charge in [-0.1, -0.05) is 18.2 Å². The maximum atomic E-state index is 12.5. The minimum Gasteiger partial charge on any atom is -0.492 e. The molecule has 0 saturated carbocycles. The highest BCUT2D eigenvalue weighted by Gasteiger charge is 2.17. The maximum absolute atomic E-state index is 12.5. The fourth-order valence-corrected chi connectivity index (χ4v) is 3.15. The molecule has 0 unspecified atom stereocenters. The molecule has 0 aliphatic rings. The van der Waals surface area contributed by atoms with Gasteiger partial charge in [-0.15, -0.1) is 0 Å². The van der Waals surface area contributed by atoms with E-state index in [9.17, 15) is 9.59 Å². The Morgan fingerprint density at radius 3 is 2.69 bits per heavy atom. The highest BCUT2D eigenvalue weighted by atomic mass is 16.5. The number of fused-ring (bicyclic) bond motifs is 1. The Bertz CT molecular complexity index is 1270. The zero-order valence-corrected chi connectivity index (χ0v) is 17.6. The third-order valence-corrected chi connectivity index (χ3v) is 4.60. The molecule has 0 spiro atoms. The molecule has 1 aromatic carbocycles. The van der Waals surface area contributed by atoms with Crippen molar-refractivity contribution in [3.05, 3.63) is 72.2 Å². The summed E-state index contributed by atoms with van der Waals surface area (Å²) in [5, 5.41) is 7.85. The number of benzene rings is 1. The molecule has 1 amide bonds. The normalized spacial score (nSPS) is 10.7. The van der Waals surface area contributed by atoms with Crippen LogP contribution in [0.4, 0.5) is 5.69 Å². The van der Waals surface area contributed by atoms with Crippen molar-refractivity contribution in [1.29, 1.82) is 0 Å². The lowest BCUT2D eigenvalue weighted by Crippen LogP contribution is -2.21. The molecule has 9 nitrogen and oxygen atoms in total. The molecule has 1 N–H and O–H groups in total. The van der Waals surface area contributed by atoms with Crippen molar-refractivity contribution in [1.82, 2.24) is 19.7 Å². The van der Waals surface area contributed by atoms with E-state index in [1.54, 1.807) is 35.1 Å². The lowest BCUT2D eigenvalue weighted by atomic mass is 10.2. The van der Waals surface area contributed by atoms with E-state index in [0.717, 1.165) is 0 Å². The summed E-state index contributed by atoms with van der Waals surface area (Å²) < 4.78 is 12.3. The highest BCUT2D eigenvalue weighted by Crippen LogP contribution is 2.24. The molecule has 9 heteroatoms. The smallest absolute Gasteiger partial charge is 0.340 e. The van der Waals surface area contributed by atoms with Crippen molar-refractivity contribution < 1.29 is 19.1 Å². The van der Waals surface area contributed by atoms with Crippen LogP contribution in [0.25, 0.3) is 16.9 Å². The second-order valence-corrected chi connectivity index (χ2v) is 6.83. The maximum Gasteiger partial charge on any atom is 0.340 e. The van der Waals surface area contributed by atoms with Crippen molar-refractivity contribution in [2.45, 2.75) is 13.8 Å². The summed E-state index contributed by atoms with van der Waals surface area (Å²) in [5.41, 5.74) is 2.00. The molecule has 162 valence electrons. The van der Waals surface area contributed by atoms with E-state index in [0.29, 0.717) is 40.6 Å². The molecule has 32 heavy (non-hydrogen) atoms. The number of aryl methyl sites for hydroxylation is 1. The number of amides is 1. The summed E-state index contributed by atoms with van der Waals surface area (Å²) in [6.45, 7) is 3.70. The van der Waals surface area contributed by atoms with Gasteiger partial charge in [0.05, 0.1) is 23.6 Å². The van der Waals surface area contributed by atoms with E-state index in [1.807, 2.05) is 38.1 Å². The Hall–Kier alpha value is -4.27. The molecule has 0 fully saturated rings. The number of aromatic nitrogens is 4. The zero-order valence-electron chi connectivity index (χ0n) is 17.6. The van der Waals surface area contributed by atoms with Gasteiger partial charge in [0.15, 0.2) is 18.1 Å². The van der Waals surface area contributed by atoms with Gasteiger partial charge in [-0.05, 0) is 44.2 Å². The third-order valence-electron chi connectivity index (χ3n) is 4.60. The second-order valence-electron chi connectivity index (χ2n) is 6.83. The first-order valence-corrected chi connectivity index (χ1v) is 10.0. The molecular weight excluding hydrogens is 410 g/mol. The van der Waals surface area contributed by atoms with Gasteiger partial charge in [0.2, 0.25) is 0 Å². The van der Waals surface area contributed by atoms with E-state index in [2.05, 4.69) is 20.4 Å². The minimum atomic E-state index is -0.655. The lowest BCUT2D eigenvalue weighted by Gasteiger charge is -2.11. The molecule has 4 rings (SSSR count). The molecule has 0 bridgehead atoms. The first-order chi connectivity index (χ1) is 15.6. The van der Waals surface area contributed by atoms with Crippen LogP contribution in [-0.4, -0.2) is 44.8 Å². The van der Waals surface area contributed by atoms with Crippen LogP contribution in [0.5, 0.6) is 5.75 Å². The van der Waals surface area contributed by atoms with E-state index >= 15 is 0 Å². The number of nitrogens with zero attached hydrogens (tertiary/aromatic N) is 4. The Balaban J connectivity index is 1.45. The van der Waals surface area contributed by atoms with Gasteiger partial charge < -0.3 is 14.8 Å². The molecule has 3 heterocycles. The van der Waals surface area contributed by atoms with E-state index < -0.39 is 18.5 Å². The van der Waals surface area contributed by atoms with Gasteiger partial charge >= 0.3 is 5.97 Å². The zero-order chi connectivity index (χ0) is 22.5. The highest BCUT2D eigenvalue weighted by molar-refractivity contribution is 5.97. The summed E-state index contributed by atoms with van der Waals surface area (Å²) in [6.07, 6.45) is 3.06. The number of nitrogens with one attached hydrogen (secondary N) is 1. The van der Waals surface area contributed by atoms with Crippen LogP contribution >= 0.6 is 0 Å². The minimum absolute atomic E-state index is 0.226. The fraction of sp³-hybridized carbons (Fsp3) is 0.174.